The lowest BCUT2D eigenvalue weighted by Crippen LogP contribution is -2.39. The van der Waals surface area contributed by atoms with Gasteiger partial charge in [-0.15, -0.1) is 0 Å². The molecule has 0 aliphatic carbocycles. The molecule has 0 spiro atoms. The number of hydrogen-bond donors (Lipinski definition) is 2. The first-order valence-corrected chi connectivity index (χ1v) is 10.7. The smallest absolute Gasteiger partial charge is 0.306 e. The molecule has 2 aromatic carbocycles. The molecule has 0 fully saturated rings. The van der Waals surface area contributed by atoms with Gasteiger partial charge in [-0.25, -0.2) is 9.38 Å². The topological polar surface area (TPSA) is 137 Å². The maximum atomic E-state index is 14.6. The normalized spacial score (nSPS) is 18.4. The number of benzene rings is 2. The van der Waals surface area contributed by atoms with E-state index in [9.17, 15) is 17.6 Å². The largest absolute Gasteiger partial charge is 0.383 e. The van der Waals surface area contributed by atoms with Gasteiger partial charge in [0.25, 0.3) is 5.91 Å². The maximum Gasteiger partial charge on any atom is 0.306 e. The van der Waals surface area contributed by atoms with E-state index < -0.39 is 27.4 Å². The highest BCUT2D eigenvalue weighted by Gasteiger charge is 2.47. The molecule has 1 aromatic heterocycles. The Bertz CT molecular complexity index is 1300. The molecule has 1 aliphatic rings. The van der Waals surface area contributed by atoms with Gasteiger partial charge in [0.1, 0.15) is 11.6 Å². The van der Waals surface area contributed by atoms with Crippen molar-refractivity contribution in [2.45, 2.75) is 5.54 Å². The number of carbonyl (C=O) groups is 1. The molecule has 1 aliphatic heterocycles. The van der Waals surface area contributed by atoms with E-state index >= 15 is 0 Å². The molecule has 1 amide bonds. The molecule has 0 radical (unpaired) electrons. The van der Waals surface area contributed by atoms with Gasteiger partial charge in [0.15, 0.2) is 11.5 Å². The number of aromatic nitrogens is 2. The number of nitrogens with zero attached hydrogens (tertiary/aromatic N) is 3. The summed E-state index contributed by atoms with van der Waals surface area (Å²) in [4.78, 5) is 25.4. The van der Waals surface area contributed by atoms with Crippen LogP contribution in [0.5, 0.6) is 5.75 Å². The molecule has 2 heterocycles. The Balaban J connectivity index is 1.87. The molecular weight excluding hydrogens is 425 g/mol. The Hall–Kier alpha value is -3.86. The summed E-state index contributed by atoms with van der Waals surface area (Å²) in [6.45, 7) is 0. The minimum absolute atomic E-state index is 0.0658. The number of carbonyl (C=O) groups excluding carboxylic acids is 1. The van der Waals surface area contributed by atoms with Crippen molar-refractivity contribution in [3.05, 3.63) is 78.0 Å². The quantitative estimate of drug-likeness (QED) is 0.570. The van der Waals surface area contributed by atoms with Gasteiger partial charge in [-0.3, -0.25) is 20.1 Å². The van der Waals surface area contributed by atoms with Crippen LogP contribution in [-0.4, -0.2) is 36.5 Å². The predicted octanol–water partition coefficient (Wildman–Crippen LogP) is 1.31. The van der Waals surface area contributed by atoms with Crippen LogP contribution in [0.15, 0.2) is 66.0 Å². The van der Waals surface area contributed by atoms with E-state index in [0.717, 1.165) is 6.26 Å². The Morgan fingerprint density at radius 2 is 1.81 bits per heavy atom. The van der Waals surface area contributed by atoms with Crippen LogP contribution in [-0.2, 0) is 20.5 Å². The van der Waals surface area contributed by atoms with Crippen molar-refractivity contribution >= 4 is 22.0 Å². The zero-order valence-corrected chi connectivity index (χ0v) is 16.9. The minimum atomic E-state index is -3.72. The number of amides is 1. The van der Waals surface area contributed by atoms with E-state index in [1.54, 1.807) is 0 Å². The number of halogens is 1. The number of nitrogens with one attached hydrogen (secondary N) is 1. The summed E-state index contributed by atoms with van der Waals surface area (Å²) in [7, 11) is -3.72. The van der Waals surface area contributed by atoms with E-state index in [1.807, 2.05) is 0 Å². The number of guanidine groups is 1. The van der Waals surface area contributed by atoms with E-state index in [2.05, 4.69) is 20.3 Å². The van der Waals surface area contributed by atoms with Crippen LogP contribution in [0.2, 0.25) is 0 Å². The molecule has 3 aromatic rings. The van der Waals surface area contributed by atoms with Gasteiger partial charge >= 0.3 is 10.1 Å². The molecule has 0 saturated heterocycles. The highest BCUT2D eigenvalue weighted by molar-refractivity contribution is 7.86. The molecule has 4 rings (SSSR count). The van der Waals surface area contributed by atoms with Crippen LogP contribution >= 0.6 is 0 Å². The molecule has 1 atom stereocenters. The standard InChI is InChI=1S/C20H16FN5O4S/c1-31(28,29)30-14-5-2-12(3-6-14)20(18(27)25-19(22)26-20)13-4-7-16(21)15(10-13)17-11-23-8-9-24-17/h2-11H,1H3,(H3,22,25,26,27). The van der Waals surface area contributed by atoms with E-state index in [-0.39, 0.29) is 23.0 Å². The molecule has 31 heavy (non-hydrogen) atoms. The van der Waals surface area contributed by atoms with E-state index in [4.69, 9.17) is 9.92 Å². The van der Waals surface area contributed by atoms with Crippen molar-refractivity contribution in [2.24, 2.45) is 10.7 Å². The Labute approximate surface area is 176 Å². The second kappa shape index (κ2) is 7.43. The van der Waals surface area contributed by atoms with Crippen LogP contribution in [0.1, 0.15) is 11.1 Å². The Morgan fingerprint density at radius 1 is 1.10 bits per heavy atom. The van der Waals surface area contributed by atoms with Gasteiger partial charge in [0.05, 0.1) is 18.1 Å². The molecule has 11 heteroatoms. The zero-order chi connectivity index (χ0) is 22.2. The average molecular weight is 441 g/mol. The highest BCUT2D eigenvalue weighted by atomic mass is 32.2. The fourth-order valence-electron chi connectivity index (χ4n) is 3.34. The summed E-state index contributed by atoms with van der Waals surface area (Å²) in [6.07, 6.45) is 5.21. The second-order valence-electron chi connectivity index (χ2n) is 6.76. The lowest BCUT2D eigenvalue weighted by molar-refractivity contribution is -0.122. The third-order valence-electron chi connectivity index (χ3n) is 4.60. The first-order valence-electron chi connectivity index (χ1n) is 8.92. The van der Waals surface area contributed by atoms with Crippen molar-refractivity contribution in [2.75, 3.05) is 6.26 Å². The lowest BCUT2D eigenvalue weighted by Gasteiger charge is -2.25. The van der Waals surface area contributed by atoms with Gasteiger partial charge < -0.3 is 9.92 Å². The Kier molecular flexibility index (Phi) is 4.90. The number of aliphatic imine (C=N–C) groups is 1. The van der Waals surface area contributed by atoms with Crippen molar-refractivity contribution in [3.63, 3.8) is 0 Å². The van der Waals surface area contributed by atoms with Crippen LogP contribution in [0, 0.1) is 5.82 Å². The molecule has 9 nitrogen and oxygen atoms in total. The third-order valence-corrected chi connectivity index (χ3v) is 5.10. The zero-order valence-electron chi connectivity index (χ0n) is 16.1. The predicted molar refractivity (Wildman–Crippen MR) is 110 cm³/mol. The van der Waals surface area contributed by atoms with Crippen LogP contribution in [0.3, 0.4) is 0 Å². The van der Waals surface area contributed by atoms with Gasteiger partial charge in [0, 0.05) is 18.0 Å². The monoisotopic (exact) mass is 441 g/mol. The summed E-state index contributed by atoms with van der Waals surface area (Å²) >= 11 is 0. The SMILES string of the molecule is CS(=O)(=O)Oc1ccc(C2(c3ccc(F)c(-c4cnccn4)c3)N=C(N)NC2=O)cc1. The van der Waals surface area contributed by atoms with E-state index in [0.29, 0.717) is 11.1 Å². The summed E-state index contributed by atoms with van der Waals surface area (Å²) in [5.74, 6) is -1.13. The average Bonchev–Trinajstić information content (AvgIpc) is 3.03. The van der Waals surface area contributed by atoms with Crippen molar-refractivity contribution in [1.82, 2.24) is 15.3 Å². The first kappa shape index (κ1) is 20.4. The maximum absolute atomic E-state index is 14.6. The second-order valence-corrected chi connectivity index (χ2v) is 8.33. The fraction of sp³-hybridized carbons (Fsp3) is 0.100. The highest BCUT2D eigenvalue weighted by Crippen LogP contribution is 2.39. The molecular formula is C20H16FN5O4S. The molecule has 0 bridgehead atoms. The minimum Gasteiger partial charge on any atom is -0.383 e. The molecule has 1 unspecified atom stereocenters. The molecule has 0 saturated carbocycles. The van der Waals surface area contributed by atoms with Gasteiger partial charge in [-0.1, -0.05) is 18.2 Å². The van der Waals surface area contributed by atoms with Gasteiger partial charge in [-0.2, -0.15) is 8.42 Å². The van der Waals surface area contributed by atoms with Crippen LogP contribution in [0.4, 0.5) is 4.39 Å². The fourth-order valence-corrected chi connectivity index (χ4v) is 3.80. The number of rotatable bonds is 5. The lowest BCUT2D eigenvalue weighted by atomic mass is 9.82. The van der Waals surface area contributed by atoms with Crippen molar-refractivity contribution < 1.29 is 21.8 Å². The van der Waals surface area contributed by atoms with Crippen LogP contribution < -0.4 is 15.2 Å². The third kappa shape index (κ3) is 3.82. The van der Waals surface area contributed by atoms with Crippen molar-refractivity contribution in [1.29, 1.82) is 0 Å². The van der Waals surface area contributed by atoms with Gasteiger partial charge in [0.2, 0.25) is 0 Å². The van der Waals surface area contributed by atoms with Crippen LogP contribution in [0.25, 0.3) is 11.3 Å². The number of hydrogen-bond acceptors (Lipinski definition) is 8. The Morgan fingerprint density at radius 3 is 2.39 bits per heavy atom. The first-order chi connectivity index (χ1) is 14.7. The number of nitrogens with two attached hydrogens (primary N) is 1. The van der Waals surface area contributed by atoms with E-state index in [1.165, 1.54) is 61.1 Å². The summed E-state index contributed by atoms with van der Waals surface area (Å²) in [5.41, 5.74) is 5.30. The summed E-state index contributed by atoms with van der Waals surface area (Å²) in [5, 5.41) is 2.47. The summed E-state index contributed by atoms with van der Waals surface area (Å²) < 4.78 is 42.1. The molecule has 158 valence electrons. The van der Waals surface area contributed by atoms with Gasteiger partial charge in [-0.05, 0) is 35.4 Å². The van der Waals surface area contributed by atoms with Crippen molar-refractivity contribution in [3.8, 4) is 17.0 Å². The summed E-state index contributed by atoms with van der Waals surface area (Å²) in [6, 6.07) is 9.87. The molecule has 3 N–H and O–H groups in total.